The van der Waals surface area contributed by atoms with Gasteiger partial charge in [-0.2, -0.15) is 0 Å². The minimum Gasteiger partial charge on any atom is -0.497 e. The zero-order valence-corrected chi connectivity index (χ0v) is 11.7. The van der Waals surface area contributed by atoms with E-state index in [1.807, 2.05) is 36.1 Å². The van der Waals surface area contributed by atoms with Crippen molar-refractivity contribution in [2.75, 3.05) is 26.7 Å². The van der Waals surface area contributed by atoms with Gasteiger partial charge in [0, 0.05) is 19.1 Å². The van der Waals surface area contributed by atoms with Crippen LogP contribution in [0, 0.1) is 0 Å². The van der Waals surface area contributed by atoms with Gasteiger partial charge in [0.05, 0.1) is 13.5 Å². The van der Waals surface area contributed by atoms with Gasteiger partial charge in [0.1, 0.15) is 5.75 Å². The Hall–Kier alpha value is -1.55. The van der Waals surface area contributed by atoms with E-state index < -0.39 is 0 Å². The average molecular weight is 262 g/mol. The van der Waals surface area contributed by atoms with Gasteiger partial charge in [-0.05, 0) is 37.6 Å². The molecule has 1 aliphatic heterocycles. The van der Waals surface area contributed by atoms with E-state index in [9.17, 15) is 4.79 Å². The quantitative estimate of drug-likeness (QED) is 0.873. The summed E-state index contributed by atoms with van der Waals surface area (Å²) < 4.78 is 5.19. The Morgan fingerprint density at radius 3 is 3.00 bits per heavy atom. The van der Waals surface area contributed by atoms with Crippen LogP contribution in [0.1, 0.15) is 18.9 Å². The highest BCUT2D eigenvalue weighted by atomic mass is 16.5. The molecule has 2 rings (SSSR count). The lowest BCUT2D eigenvalue weighted by molar-refractivity contribution is -0.132. The van der Waals surface area contributed by atoms with Gasteiger partial charge in [0.2, 0.25) is 5.91 Å². The summed E-state index contributed by atoms with van der Waals surface area (Å²) in [5.41, 5.74) is 1.01. The van der Waals surface area contributed by atoms with E-state index in [1.54, 1.807) is 7.11 Å². The van der Waals surface area contributed by atoms with E-state index in [1.165, 1.54) is 0 Å². The third-order valence-electron chi connectivity index (χ3n) is 3.63. The van der Waals surface area contributed by atoms with Gasteiger partial charge in [-0.3, -0.25) is 4.79 Å². The van der Waals surface area contributed by atoms with Crippen LogP contribution in [0.25, 0.3) is 0 Å². The SMILES string of the molecule is CCN(C(=O)Cc1cccc(OC)c1)C1CCNC1. The van der Waals surface area contributed by atoms with Crippen LogP contribution in [0.3, 0.4) is 0 Å². The molecular weight excluding hydrogens is 240 g/mol. The molecule has 1 unspecified atom stereocenters. The zero-order chi connectivity index (χ0) is 13.7. The maximum Gasteiger partial charge on any atom is 0.227 e. The largest absolute Gasteiger partial charge is 0.497 e. The monoisotopic (exact) mass is 262 g/mol. The Morgan fingerprint density at radius 1 is 1.53 bits per heavy atom. The van der Waals surface area contributed by atoms with Gasteiger partial charge in [-0.1, -0.05) is 12.1 Å². The number of ether oxygens (including phenoxy) is 1. The molecule has 0 bridgehead atoms. The van der Waals surface area contributed by atoms with Crippen molar-refractivity contribution in [3.05, 3.63) is 29.8 Å². The third-order valence-corrected chi connectivity index (χ3v) is 3.63. The predicted octanol–water partition coefficient (Wildman–Crippen LogP) is 1.45. The highest BCUT2D eigenvalue weighted by Crippen LogP contribution is 2.15. The Balaban J connectivity index is 2.01. The minimum atomic E-state index is 0.199. The van der Waals surface area contributed by atoms with Crippen molar-refractivity contribution in [2.45, 2.75) is 25.8 Å². The van der Waals surface area contributed by atoms with Crippen LogP contribution < -0.4 is 10.1 Å². The minimum absolute atomic E-state index is 0.199. The molecule has 0 spiro atoms. The van der Waals surface area contributed by atoms with Crippen molar-refractivity contribution in [2.24, 2.45) is 0 Å². The van der Waals surface area contributed by atoms with Gasteiger partial charge in [0.25, 0.3) is 0 Å². The molecule has 1 saturated heterocycles. The summed E-state index contributed by atoms with van der Waals surface area (Å²) in [7, 11) is 1.64. The summed E-state index contributed by atoms with van der Waals surface area (Å²) in [6.07, 6.45) is 1.50. The summed E-state index contributed by atoms with van der Waals surface area (Å²) in [5, 5.41) is 3.31. The molecule has 0 aliphatic carbocycles. The number of nitrogens with zero attached hydrogens (tertiary/aromatic N) is 1. The van der Waals surface area contributed by atoms with Crippen LogP contribution in [0.2, 0.25) is 0 Å². The molecule has 1 aliphatic rings. The molecule has 1 heterocycles. The second kappa shape index (κ2) is 6.57. The van der Waals surface area contributed by atoms with Crippen molar-refractivity contribution in [3.63, 3.8) is 0 Å². The summed E-state index contributed by atoms with van der Waals surface area (Å²) in [6, 6.07) is 8.07. The van der Waals surface area contributed by atoms with Crippen molar-refractivity contribution in [1.82, 2.24) is 10.2 Å². The number of likely N-dealkylation sites (N-methyl/N-ethyl adjacent to an activating group) is 1. The van der Waals surface area contributed by atoms with Crippen LogP contribution in [-0.2, 0) is 11.2 Å². The fourth-order valence-corrected chi connectivity index (χ4v) is 2.60. The molecule has 0 saturated carbocycles. The number of hydrogen-bond donors (Lipinski definition) is 1. The lowest BCUT2D eigenvalue weighted by Crippen LogP contribution is -2.42. The fourth-order valence-electron chi connectivity index (χ4n) is 2.60. The van der Waals surface area contributed by atoms with Crippen LogP contribution >= 0.6 is 0 Å². The Bertz CT molecular complexity index is 428. The number of amides is 1. The van der Waals surface area contributed by atoms with Crippen LogP contribution in [0.5, 0.6) is 5.75 Å². The first-order chi connectivity index (χ1) is 9.24. The standard InChI is InChI=1S/C15H22N2O2/c1-3-17(13-7-8-16-11-13)15(18)10-12-5-4-6-14(9-12)19-2/h4-6,9,13,16H,3,7-8,10-11H2,1-2H3. The van der Waals surface area contributed by atoms with E-state index >= 15 is 0 Å². The van der Waals surface area contributed by atoms with Gasteiger partial charge in [-0.15, -0.1) is 0 Å². The number of carbonyl (C=O) groups excluding carboxylic acids is 1. The highest BCUT2D eigenvalue weighted by molar-refractivity contribution is 5.79. The van der Waals surface area contributed by atoms with E-state index in [-0.39, 0.29) is 5.91 Å². The smallest absolute Gasteiger partial charge is 0.227 e. The first kappa shape index (κ1) is 13.9. The molecule has 1 aromatic carbocycles. The molecule has 1 atom stereocenters. The molecule has 19 heavy (non-hydrogen) atoms. The van der Waals surface area contributed by atoms with Gasteiger partial charge >= 0.3 is 0 Å². The molecule has 0 radical (unpaired) electrons. The lowest BCUT2D eigenvalue weighted by Gasteiger charge is -2.27. The molecule has 1 amide bonds. The average Bonchev–Trinajstić information content (AvgIpc) is 2.93. The zero-order valence-electron chi connectivity index (χ0n) is 11.7. The van der Waals surface area contributed by atoms with E-state index in [2.05, 4.69) is 5.32 Å². The molecule has 1 N–H and O–H groups in total. The van der Waals surface area contributed by atoms with Crippen LogP contribution in [0.15, 0.2) is 24.3 Å². The molecular formula is C15H22N2O2. The van der Waals surface area contributed by atoms with Gasteiger partial charge in [0.15, 0.2) is 0 Å². The summed E-state index contributed by atoms with van der Waals surface area (Å²) in [4.78, 5) is 14.4. The van der Waals surface area contributed by atoms with Gasteiger partial charge in [-0.25, -0.2) is 0 Å². The van der Waals surface area contributed by atoms with E-state index in [0.29, 0.717) is 12.5 Å². The number of benzene rings is 1. The van der Waals surface area contributed by atoms with Gasteiger partial charge < -0.3 is 15.0 Å². The molecule has 104 valence electrons. The van der Waals surface area contributed by atoms with E-state index in [4.69, 9.17) is 4.74 Å². The Labute approximate surface area is 114 Å². The van der Waals surface area contributed by atoms with Crippen molar-refractivity contribution >= 4 is 5.91 Å². The highest BCUT2D eigenvalue weighted by Gasteiger charge is 2.24. The molecule has 1 aromatic rings. The molecule has 0 aromatic heterocycles. The second-order valence-corrected chi connectivity index (χ2v) is 4.85. The molecule has 4 nitrogen and oxygen atoms in total. The van der Waals surface area contributed by atoms with Crippen molar-refractivity contribution in [3.8, 4) is 5.75 Å². The second-order valence-electron chi connectivity index (χ2n) is 4.85. The maximum absolute atomic E-state index is 12.4. The number of rotatable bonds is 5. The topological polar surface area (TPSA) is 41.6 Å². The number of nitrogens with one attached hydrogen (secondary N) is 1. The molecule has 4 heteroatoms. The summed E-state index contributed by atoms with van der Waals surface area (Å²) >= 11 is 0. The Kier molecular flexibility index (Phi) is 4.80. The normalized spacial score (nSPS) is 18.3. The van der Waals surface area contributed by atoms with Crippen molar-refractivity contribution < 1.29 is 9.53 Å². The summed E-state index contributed by atoms with van der Waals surface area (Å²) in [5.74, 6) is 1.00. The Morgan fingerprint density at radius 2 is 2.37 bits per heavy atom. The first-order valence-electron chi connectivity index (χ1n) is 6.87. The predicted molar refractivity (Wildman–Crippen MR) is 75.4 cm³/mol. The fraction of sp³-hybridized carbons (Fsp3) is 0.533. The lowest BCUT2D eigenvalue weighted by atomic mass is 10.1. The number of hydrogen-bond acceptors (Lipinski definition) is 3. The number of methoxy groups -OCH3 is 1. The number of carbonyl (C=O) groups is 1. The van der Waals surface area contributed by atoms with E-state index in [0.717, 1.165) is 37.4 Å². The first-order valence-corrected chi connectivity index (χ1v) is 6.87. The molecule has 1 fully saturated rings. The van der Waals surface area contributed by atoms with Crippen molar-refractivity contribution in [1.29, 1.82) is 0 Å². The third kappa shape index (κ3) is 3.47. The maximum atomic E-state index is 12.4. The van der Waals surface area contributed by atoms with Crippen LogP contribution in [0.4, 0.5) is 0 Å². The summed E-state index contributed by atoms with van der Waals surface area (Å²) in [6.45, 7) is 4.74. The van der Waals surface area contributed by atoms with Crippen LogP contribution in [-0.4, -0.2) is 43.6 Å².